The lowest BCUT2D eigenvalue weighted by atomic mass is 10.1. The highest BCUT2D eigenvalue weighted by Crippen LogP contribution is 2.33. The number of benzene rings is 3. The highest BCUT2D eigenvalue weighted by Gasteiger charge is 2.16. The van der Waals surface area contributed by atoms with Crippen molar-refractivity contribution in [3.05, 3.63) is 90.0 Å². The third-order valence-electron chi connectivity index (χ3n) is 5.04. The first-order valence-corrected chi connectivity index (χ1v) is 11.7. The van der Waals surface area contributed by atoms with Gasteiger partial charge in [-0.3, -0.25) is 0 Å². The Morgan fingerprint density at radius 3 is 1.33 bits per heavy atom. The number of rotatable bonds is 9. The fourth-order valence-corrected chi connectivity index (χ4v) is 5.67. The minimum Gasteiger partial charge on any atom is -0.0654 e. The fourth-order valence-electron chi connectivity index (χ4n) is 3.41. The van der Waals surface area contributed by atoms with Crippen molar-refractivity contribution in [3.63, 3.8) is 0 Å². The molecule has 0 atom stereocenters. The first kappa shape index (κ1) is 19.8. The molecular formula is C26H31P. The molecule has 0 aliphatic rings. The van der Waals surface area contributed by atoms with Crippen molar-refractivity contribution in [1.82, 2.24) is 0 Å². The lowest BCUT2D eigenvalue weighted by Crippen LogP contribution is -2.20. The summed E-state index contributed by atoms with van der Waals surface area (Å²) in [5.74, 6) is 0. The van der Waals surface area contributed by atoms with Crippen LogP contribution in [0.15, 0.2) is 78.9 Å². The zero-order valence-electron chi connectivity index (χ0n) is 16.7. The fraction of sp³-hybridized carbons (Fsp3) is 0.308. The van der Waals surface area contributed by atoms with Crippen LogP contribution >= 0.6 is 7.92 Å². The Balaban J connectivity index is 1.90. The lowest BCUT2D eigenvalue weighted by molar-refractivity contribution is 0.795. The Morgan fingerprint density at radius 2 is 0.926 bits per heavy atom. The molecule has 0 saturated heterocycles. The van der Waals surface area contributed by atoms with Crippen molar-refractivity contribution in [3.8, 4) is 0 Å². The van der Waals surface area contributed by atoms with Gasteiger partial charge in [0.05, 0.1) is 0 Å². The molecule has 3 aromatic rings. The van der Waals surface area contributed by atoms with Gasteiger partial charge in [0.25, 0.3) is 0 Å². The highest BCUT2D eigenvalue weighted by atomic mass is 31.1. The van der Waals surface area contributed by atoms with Gasteiger partial charge in [-0.1, -0.05) is 106 Å². The summed E-state index contributed by atoms with van der Waals surface area (Å²) in [5.41, 5.74) is 2.91. The van der Waals surface area contributed by atoms with Crippen molar-refractivity contribution < 1.29 is 0 Å². The van der Waals surface area contributed by atoms with E-state index in [0.29, 0.717) is 0 Å². The molecule has 0 unspecified atom stereocenters. The molecule has 3 rings (SSSR count). The van der Waals surface area contributed by atoms with Crippen LogP contribution in [-0.4, -0.2) is 0 Å². The van der Waals surface area contributed by atoms with Crippen LogP contribution in [0.5, 0.6) is 0 Å². The summed E-state index contributed by atoms with van der Waals surface area (Å²) >= 11 is 0. The standard InChI is InChI=1S/C26H31P/c1-3-5-10-22-14-18-25(19-15-22)27(24-12-8-7-9-13-24)26-20-16-23(17-21-26)11-6-4-2/h7-9,12-21H,3-6,10-11H2,1-2H3. The molecule has 3 aromatic carbocycles. The largest absolute Gasteiger partial charge is 0.0654 e. The molecule has 0 aliphatic heterocycles. The van der Waals surface area contributed by atoms with Gasteiger partial charge in [0.2, 0.25) is 0 Å². The molecule has 0 fully saturated rings. The van der Waals surface area contributed by atoms with Crippen molar-refractivity contribution in [2.75, 3.05) is 0 Å². The summed E-state index contributed by atoms with van der Waals surface area (Å²) in [6.45, 7) is 4.51. The second kappa shape index (κ2) is 10.4. The number of unbranched alkanes of at least 4 members (excludes halogenated alkanes) is 2. The molecule has 0 N–H and O–H groups in total. The molecule has 0 heterocycles. The molecule has 0 radical (unpaired) electrons. The molecule has 0 amide bonds. The van der Waals surface area contributed by atoms with E-state index < -0.39 is 7.92 Å². The van der Waals surface area contributed by atoms with Crippen molar-refractivity contribution in [1.29, 1.82) is 0 Å². The Kier molecular flexibility index (Phi) is 7.66. The Morgan fingerprint density at radius 1 is 0.519 bits per heavy atom. The molecule has 27 heavy (non-hydrogen) atoms. The van der Waals surface area contributed by atoms with Crippen LogP contribution in [-0.2, 0) is 12.8 Å². The summed E-state index contributed by atoms with van der Waals surface area (Å²) in [7, 11) is -0.497. The van der Waals surface area contributed by atoms with Crippen LogP contribution in [0.1, 0.15) is 50.7 Å². The van der Waals surface area contributed by atoms with E-state index >= 15 is 0 Å². The van der Waals surface area contributed by atoms with Crippen LogP contribution in [0.4, 0.5) is 0 Å². The second-order valence-electron chi connectivity index (χ2n) is 7.21. The molecule has 0 aliphatic carbocycles. The van der Waals surface area contributed by atoms with Crippen LogP contribution in [0.2, 0.25) is 0 Å². The van der Waals surface area contributed by atoms with Gasteiger partial charge in [-0.25, -0.2) is 0 Å². The maximum atomic E-state index is 2.36. The van der Waals surface area contributed by atoms with E-state index in [-0.39, 0.29) is 0 Å². The third-order valence-corrected chi connectivity index (χ3v) is 7.49. The van der Waals surface area contributed by atoms with Crippen LogP contribution < -0.4 is 15.9 Å². The van der Waals surface area contributed by atoms with Gasteiger partial charge >= 0.3 is 0 Å². The van der Waals surface area contributed by atoms with E-state index in [1.165, 1.54) is 65.6 Å². The SMILES string of the molecule is CCCCc1ccc(P(c2ccccc2)c2ccc(CCCC)cc2)cc1. The van der Waals surface area contributed by atoms with Gasteiger partial charge in [-0.2, -0.15) is 0 Å². The quantitative estimate of drug-likeness (QED) is 0.395. The summed E-state index contributed by atoms with van der Waals surface area (Å²) in [6, 6.07) is 29.7. The lowest BCUT2D eigenvalue weighted by Gasteiger charge is -2.20. The first-order chi connectivity index (χ1) is 13.3. The van der Waals surface area contributed by atoms with Gasteiger partial charge in [0.1, 0.15) is 0 Å². The molecule has 0 bridgehead atoms. The van der Waals surface area contributed by atoms with Crippen LogP contribution in [0.25, 0.3) is 0 Å². The summed E-state index contributed by atoms with van der Waals surface area (Å²) < 4.78 is 0. The monoisotopic (exact) mass is 374 g/mol. The molecule has 1 heteroatoms. The van der Waals surface area contributed by atoms with E-state index in [2.05, 4.69) is 92.7 Å². The topological polar surface area (TPSA) is 0 Å². The number of hydrogen-bond donors (Lipinski definition) is 0. The minimum absolute atomic E-state index is 0.497. The second-order valence-corrected chi connectivity index (χ2v) is 9.43. The summed E-state index contributed by atoms with van der Waals surface area (Å²) in [5, 5.41) is 4.31. The van der Waals surface area contributed by atoms with E-state index in [4.69, 9.17) is 0 Å². The minimum atomic E-state index is -0.497. The van der Waals surface area contributed by atoms with Crippen molar-refractivity contribution in [2.24, 2.45) is 0 Å². The normalized spacial score (nSPS) is 11.1. The molecular weight excluding hydrogens is 343 g/mol. The Labute approximate surface area is 166 Å². The predicted molar refractivity (Wildman–Crippen MR) is 122 cm³/mol. The van der Waals surface area contributed by atoms with Gasteiger partial charge in [-0.15, -0.1) is 0 Å². The average Bonchev–Trinajstić information content (AvgIpc) is 2.73. The molecule has 0 aromatic heterocycles. The molecule has 0 saturated carbocycles. The Bertz CT molecular complexity index is 736. The zero-order valence-corrected chi connectivity index (χ0v) is 17.6. The van der Waals surface area contributed by atoms with Crippen molar-refractivity contribution >= 4 is 23.8 Å². The summed E-state index contributed by atoms with van der Waals surface area (Å²) in [4.78, 5) is 0. The summed E-state index contributed by atoms with van der Waals surface area (Å²) in [6.07, 6.45) is 7.42. The van der Waals surface area contributed by atoms with Gasteiger partial charge in [0, 0.05) is 0 Å². The molecule has 140 valence electrons. The smallest absolute Gasteiger partial charge is 0.0134 e. The Hall–Kier alpha value is -1.91. The maximum Gasteiger partial charge on any atom is -0.0134 e. The first-order valence-electron chi connectivity index (χ1n) is 10.3. The molecule has 0 spiro atoms. The van der Waals surface area contributed by atoms with E-state index in [0.717, 1.165) is 0 Å². The zero-order chi connectivity index (χ0) is 18.9. The van der Waals surface area contributed by atoms with E-state index in [1.54, 1.807) is 0 Å². The van der Waals surface area contributed by atoms with Gasteiger partial charge in [0.15, 0.2) is 0 Å². The number of aryl methyl sites for hydroxylation is 2. The van der Waals surface area contributed by atoms with E-state index in [9.17, 15) is 0 Å². The van der Waals surface area contributed by atoms with Crippen LogP contribution in [0.3, 0.4) is 0 Å². The van der Waals surface area contributed by atoms with Gasteiger partial charge < -0.3 is 0 Å². The molecule has 0 nitrogen and oxygen atoms in total. The third kappa shape index (κ3) is 5.53. The number of hydrogen-bond acceptors (Lipinski definition) is 0. The van der Waals surface area contributed by atoms with Gasteiger partial charge in [-0.05, 0) is 60.6 Å². The predicted octanol–water partition coefficient (Wildman–Crippen LogP) is 6.13. The highest BCUT2D eigenvalue weighted by molar-refractivity contribution is 7.79. The van der Waals surface area contributed by atoms with E-state index in [1.807, 2.05) is 0 Å². The maximum absolute atomic E-state index is 2.36. The average molecular weight is 375 g/mol. The van der Waals surface area contributed by atoms with Crippen LogP contribution in [0, 0.1) is 0 Å². The van der Waals surface area contributed by atoms with Crippen molar-refractivity contribution in [2.45, 2.75) is 52.4 Å².